The average Bonchev–Trinajstić information content (AvgIpc) is 3.07. The molecule has 0 atom stereocenters. The van der Waals surface area contributed by atoms with E-state index in [2.05, 4.69) is 15.2 Å². The van der Waals surface area contributed by atoms with E-state index < -0.39 is 0 Å². The Hall–Kier alpha value is -2.74. The fourth-order valence-electron chi connectivity index (χ4n) is 3.15. The lowest BCUT2D eigenvalue weighted by atomic mass is 10.1. The molecule has 2 aromatic carbocycles. The molecule has 3 aromatic rings. The number of nitro groups is 1. The minimum atomic E-state index is -0.383. The first kappa shape index (κ1) is 16.7. The maximum Gasteiger partial charge on any atom is 0.270 e. The molecule has 0 radical (unpaired) electrons. The maximum absolute atomic E-state index is 13.0. The van der Waals surface area contributed by atoms with Crippen LogP contribution in [0.5, 0.6) is 0 Å². The summed E-state index contributed by atoms with van der Waals surface area (Å²) in [6.45, 7) is 1.72. The number of halogens is 1. The van der Waals surface area contributed by atoms with Crippen molar-refractivity contribution in [1.29, 1.82) is 0 Å². The molecule has 1 aliphatic heterocycles. The molecule has 0 spiro atoms. The van der Waals surface area contributed by atoms with Gasteiger partial charge in [0.15, 0.2) is 5.13 Å². The fourth-order valence-corrected chi connectivity index (χ4v) is 4.20. The third-order valence-electron chi connectivity index (χ3n) is 4.55. The van der Waals surface area contributed by atoms with Gasteiger partial charge in [-0.25, -0.2) is 9.37 Å². The molecule has 1 saturated heterocycles. The molecule has 6 nitrogen and oxygen atoms in total. The van der Waals surface area contributed by atoms with Gasteiger partial charge in [-0.15, -0.1) is 0 Å². The summed E-state index contributed by atoms with van der Waals surface area (Å²) in [5, 5.41) is 15.3. The third-order valence-corrected chi connectivity index (χ3v) is 5.63. The van der Waals surface area contributed by atoms with Gasteiger partial charge in [0, 0.05) is 37.0 Å². The van der Waals surface area contributed by atoms with Gasteiger partial charge in [0.05, 0.1) is 15.1 Å². The Morgan fingerprint density at radius 1 is 1.19 bits per heavy atom. The zero-order valence-corrected chi connectivity index (χ0v) is 14.7. The van der Waals surface area contributed by atoms with Crippen LogP contribution in [0.2, 0.25) is 0 Å². The molecule has 0 aliphatic carbocycles. The Balaban J connectivity index is 1.42. The van der Waals surface area contributed by atoms with E-state index in [4.69, 9.17) is 0 Å². The maximum atomic E-state index is 13.0. The second-order valence-corrected chi connectivity index (χ2v) is 7.33. The molecule has 8 heteroatoms. The Kier molecular flexibility index (Phi) is 4.42. The van der Waals surface area contributed by atoms with Crippen LogP contribution < -0.4 is 10.2 Å². The minimum Gasteiger partial charge on any atom is -0.382 e. The molecule has 1 fully saturated rings. The van der Waals surface area contributed by atoms with Crippen molar-refractivity contribution in [3.05, 3.63) is 58.4 Å². The first-order valence-corrected chi connectivity index (χ1v) is 9.22. The van der Waals surface area contributed by atoms with Crippen molar-refractivity contribution < 1.29 is 9.31 Å². The van der Waals surface area contributed by atoms with Gasteiger partial charge in [-0.05, 0) is 43.2 Å². The minimum absolute atomic E-state index is 0.0925. The molecule has 26 heavy (non-hydrogen) atoms. The van der Waals surface area contributed by atoms with Crippen LogP contribution in [0.3, 0.4) is 0 Å². The van der Waals surface area contributed by atoms with E-state index in [9.17, 15) is 14.5 Å². The number of aromatic nitrogens is 1. The quantitative estimate of drug-likeness (QED) is 0.542. The summed E-state index contributed by atoms with van der Waals surface area (Å²) < 4.78 is 13.8. The second kappa shape index (κ2) is 6.87. The molecule has 0 unspecified atom stereocenters. The highest BCUT2D eigenvalue weighted by Crippen LogP contribution is 2.33. The van der Waals surface area contributed by atoms with Crippen LogP contribution in [-0.4, -0.2) is 29.0 Å². The first-order valence-electron chi connectivity index (χ1n) is 8.40. The Labute approximate surface area is 153 Å². The zero-order valence-electron chi connectivity index (χ0n) is 13.9. The van der Waals surface area contributed by atoms with Gasteiger partial charge >= 0.3 is 0 Å². The molecule has 1 aliphatic rings. The van der Waals surface area contributed by atoms with Crippen LogP contribution >= 0.6 is 11.3 Å². The average molecular weight is 372 g/mol. The number of hydrogen-bond donors (Lipinski definition) is 1. The number of hydrogen-bond acceptors (Lipinski definition) is 6. The molecule has 0 saturated carbocycles. The molecule has 1 N–H and O–H groups in total. The summed E-state index contributed by atoms with van der Waals surface area (Å²) in [4.78, 5) is 17.4. The van der Waals surface area contributed by atoms with Gasteiger partial charge in [0.1, 0.15) is 5.82 Å². The molecule has 0 amide bonds. The number of fused-ring (bicyclic) bond motifs is 1. The molecular formula is C18H17FN4O2S. The van der Waals surface area contributed by atoms with Crippen LogP contribution in [0.4, 0.5) is 20.9 Å². The number of non-ortho nitro benzene ring substituents is 1. The largest absolute Gasteiger partial charge is 0.382 e. The number of anilines is 2. The number of benzene rings is 2. The Morgan fingerprint density at radius 3 is 2.62 bits per heavy atom. The van der Waals surface area contributed by atoms with Crippen molar-refractivity contribution in [3.8, 4) is 0 Å². The lowest BCUT2D eigenvalue weighted by Crippen LogP contribution is -2.39. The molecule has 1 aromatic heterocycles. The summed E-state index contributed by atoms with van der Waals surface area (Å²) in [7, 11) is 0. The summed E-state index contributed by atoms with van der Waals surface area (Å²) >= 11 is 1.49. The highest BCUT2D eigenvalue weighted by atomic mass is 32.1. The van der Waals surface area contributed by atoms with Crippen molar-refractivity contribution in [3.63, 3.8) is 0 Å². The summed E-state index contributed by atoms with van der Waals surface area (Å²) in [6.07, 6.45) is 1.90. The predicted octanol–water partition coefficient (Wildman–Crippen LogP) is 4.42. The highest BCUT2D eigenvalue weighted by Gasteiger charge is 2.22. The Morgan fingerprint density at radius 2 is 1.92 bits per heavy atom. The highest BCUT2D eigenvalue weighted by molar-refractivity contribution is 7.22. The van der Waals surface area contributed by atoms with Gasteiger partial charge in [-0.2, -0.15) is 0 Å². The van der Waals surface area contributed by atoms with E-state index in [1.807, 2.05) is 0 Å². The molecule has 2 heterocycles. The van der Waals surface area contributed by atoms with Gasteiger partial charge in [-0.3, -0.25) is 10.1 Å². The molecule has 134 valence electrons. The molecule has 0 bridgehead atoms. The summed E-state index contributed by atoms with van der Waals surface area (Å²) in [5.74, 6) is -0.235. The van der Waals surface area contributed by atoms with E-state index in [-0.39, 0.29) is 16.4 Å². The summed E-state index contributed by atoms with van der Waals surface area (Å²) in [5.41, 5.74) is 1.81. The van der Waals surface area contributed by atoms with Gasteiger partial charge < -0.3 is 10.2 Å². The number of piperidine rings is 1. The van der Waals surface area contributed by atoms with E-state index in [0.717, 1.165) is 47.0 Å². The fraction of sp³-hybridized carbons (Fsp3) is 0.278. The van der Waals surface area contributed by atoms with Crippen LogP contribution in [-0.2, 0) is 0 Å². The standard InChI is InChI=1S/C18H17FN4O2S/c19-12-1-3-13(4-2-12)20-14-7-9-22(10-8-14)18-21-16-6-5-15(23(24)25)11-17(16)26-18/h1-6,11,14,20H,7-10H2. The first-order chi connectivity index (χ1) is 12.6. The molecular weight excluding hydrogens is 355 g/mol. The van der Waals surface area contributed by atoms with Gasteiger partial charge in [0.25, 0.3) is 5.69 Å². The van der Waals surface area contributed by atoms with E-state index >= 15 is 0 Å². The molecule has 4 rings (SSSR count). The number of rotatable bonds is 4. The van der Waals surface area contributed by atoms with E-state index in [1.54, 1.807) is 24.3 Å². The van der Waals surface area contributed by atoms with E-state index in [0.29, 0.717) is 6.04 Å². The smallest absolute Gasteiger partial charge is 0.270 e. The number of nitro benzene ring substituents is 1. The normalized spacial score (nSPS) is 15.3. The lowest BCUT2D eigenvalue weighted by molar-refractivity contribution is -0.384. The third kappa shape index (κ3) is 3.45. The number of nitrogens with zero attached hydrogens (tertiary/aromatic N) is 3. The SMILES string of the molecule is O=[N+]([O-])c1ccc2nc(N3CCC(Nc4ccc(F)cc4)CC3)sc2c1. The van der Waals surface area contributed by atoms with Crippen LogP contribution in [0, 0.1) is 15.9 Å². The Bertz CT molecular complexity index is 936. The van der Waals surface area contributed by atoms with Crippen molar-refractivity contribution in [2.24, 2.45) is 0 Å². The van der Waals surface area contributed by atoms with Crippen LogP contribution in [0.25, 0.3) is 10.2 Å². The number of thiazole rings is 1. The van der Waals surface area contributed by atoms with Crippen molar-refractivity contribution in [1.82, 2.24) is 4.98 Å². The predicted molar refractivity (Wildman–Crippen MR) is 102 cm³/mol. The van der Waals surface area contributed by atoms with Crippen molar-refractivity contribution in [2.45, 2.75) is 18.9 Å². The topological polar surface area (TPSA) is 71.3 Å². The van der Waals surface area contributed by atoms with Gasteiger partial charge in [-0.1, -0.05) is 11.3 Å². The monoisotopic (exact) mass is 372 g/mol. The summed E-state index contributed by atoms with van der Waals surface area (Å²) in [6, 6.07) is 11.5. The lowest BCUT2D eigenvalue weighted by Gasteiger charge is -2.32. The second-order valence-electron chi connectivity index (χ2n) is 6.32. The van der Waals surface area contributed by atoms with E-state index in [1.165, 1.54) is 29.5 Å². The van der Waals surface area contributed by atoms with Crippen LogP contribution in [0.1, 0.15) is 12.8 Å². The zero-order chi connectivity index (χ0) is 18.1. The van der Waals surface area contributed by atoms with Crippen LogP contribution in [0.15, 0.2) is 42.5 Å². The van der Waals surface area contributed by atoms with Crippen molar-refractivity contribution in [2.75, 3.05) is 23.3 Å². The van der Waals surface area contributed by atoms with Crippen molar-refractivity contribution >= 4 is 38.1 Å². The van der Waals surface area contributed by atoms with Gasteiger partial charge in [0.2, 0.25) is 0 Å². The number of nitrogens with one attached hydrogen (secondary N) is 1.